The van der Waals surface area contributed by atoms with Crippen LogP contribution in [0.25, 0.3) is 0 Å². The van der Waals surface area contributed by atoms with Crippen LogP contribution in [-0.4, -0.2) is 34.5 Å². The summed E-state index contributed by atoms with van der Waals surface area (Å²) in [6, 6.07) is 4.27. The lowest BCUT2D eigenvalue weighted by atomic mass is 10.2. The Morgan fingerprint density at radius 1 is 1.50 bits per heavy atom. The first-order valence-corrected chi connectivity index (χ1v) is 5.98. The molecule has 0 saturated carbocycles. The first kappa shape index (κ1) is 15.1. The van der Waals surface area contributed by atoms with Crippen LogP contribution in [0.5, 0.6) is 5.75 Å². The van der Waals surface area contributed by atoms with Crippen molar-refractivity contribution in [1.82, 2.24) is 15.7 Å². The third kappa shape index (κ3) is 3.23. The lowest BCUT2D eigenvalue weighted by molar-refractivity contribution is -0.385. The predicted octanol–water partition coefficient (Wildman–Crippen LogP) is 1.06. The second-order valence-corrected chi connectivity index (χ2v) is 4.09. The fourth-order valence-electron chi connectivity index (χ4n) is 1.59. The third-order valence-electron chi connectivity index (χ3n) is 2.65. The van der Waals surface area contributed by atoms with Crippen LogP contribution in [0.3, 0.4) is 0 Å². The van der Waals surface area contributed by atoms with Gasteiger partial charge in [-0.05, 0) is 24.2 Å². The smallest absolute Gasteiger partial charge is 0.311 e. The second kappa shape index (κ2) is 6.43. The molecule has 22 heavy (non-hydrogen) atoms. The first-order chi connectivity index (χ1) is 10.5. The molecule has 0 unspecified atom stereocenters. The van der Waals surface area contributed by atoms with Crippen LogP contribution in [0.4, 0.5) is 5.69 Å². The summed E-state index contributed by atoms with van der Waals surface area (Å²) >= 11 is 0. The molecule has 2 aromatic rings. The van der Waals surface area contributed by atoms with Crippen molar-refractivity contribution in [2.45, 2.75) is 6.92 Å². The molecule has 1 aromatic carbocycles. The Labute approximate surface area is 123 Å². The van der Waals surface area contributed by atoms with Gasteiger partial charge >= 0.3 is 5.69 Å². The molecule has 1 amide bonds. The van der Waals surface area contributed by atoms with Crippen molar-refractivity contribution < 1.29 is 19.1 Å². The van der Waals surface area contributed by atoms with Crippen LogP contribution in [-0.2, 0) is 0 Å². The summed E-state index contributed by atoms with van der Waals surface area (Å²) in [5.74, 6) is -0.464. The van der Waals surface area contributed by atoms with E-state index in [2.05, 4.69) is 25.5 Å². The van der Waals surface area contributed by atoms with Gasteiger partial charge in [0.15, 0.2) is 11.4 Å². The number of methoxy groups -OCH3 is 1. The van der Waals surface area contributed by atoms with Gasteiger partial charge < -0.3 is 4.74 Å². The van der Waals surface area contributed by atoms with Crippen molar-refractivity contribution in [2.75, 3.05) is 7.11 Å². The fraction of sp³-hybridized carbons (Fsp3) is 0.167. The molecule has 1 heterocycles. The summed E-state index contributed by atoms with van der Waals surface area (Å²) in [7, 11) is 1.34. The minimum atomic E-state index is -0.599. The molecule has 0 radical (unpaired) electrons. The molecule has 0 fully saturated rings. The zero-order chi connectivity index (χ0) is 16.1. The van der Waals surface area contributed by atoms with E-state index in [1.54, 1.807) is 13.0 Å². The monoisotopic (exact) mass is 305 g/mol. The number of nitro benzene ring substituents is 1. The summed E-state index contributed by atoms with van der Waals surface area (Å²) in [4.78, 5) is 22.0. The molecule has 0 bridgehead atoms. The maximum atomic E-state index is 11.7. The van der Waals surface area contributed by atoms with Gasteiger partial charge in [-0.15, -0.1) is 0 Å². The van der Waals surface area contributed by atoms with E-state index < -0.39 is 10.8 Å². The first-order valence-electron chi connectivity index (χ1n) is 5.98. The molecule has 0 aliphatic heterocycles. The fourth-order valence-corrected chi connectivity index (χ4v) is 1.59. The van der Waals surface area contributed by atoms with Crippen LogP contribution in [0.2, 0.25) is 0 Å². The number of ether oxygens (including phenoxy) is 1. The van der Waals surface area contributed by atoms with Gasteiger partial charge in [0.05, 0.1) is 18.2 Å². The number of hydrogen-bond donors (Lipinski definition) is 1. The Morgan fingerprint density at radius 3 is 2.86 bits per heavy atom. The zero-order valence-corrected chi connectivity index (χ0v) is 11.6. The van der Waals surface area contributed by atoms with Crippen molar-refractivity contribution in [1.29, 1.82) is 0 Å². The van der Waals surface area contributed by atoms with Gasteiger partial charge in [0.2, 0.25) is 0 Å². The van der Waals surface area contributed by atoms with E-state index in [1.165, 1.54) is 25.5 Å². The van der Waals surface area contributed by atoms with E-state index >= 15 is 0 Å². The zero-order valence-electron chi connectivity index (χ0n) is 11.6. The summed E-state index contributed by atoms with van der Waals surface area (Å²) in [5, 5.41) is 21.5. The molecule has 114 valence electrons. The van der Waals surface area contributed by atoms with Crippen LogP contribution in [0, 0.1) is 17.0 Å². The van der Waals surface area contributed by atoms with Crippen molar-refractivity contribution >= 4 is 17.8 Å². The van der Waals surface area contributed by atoms with Crippen molar-refractivity contribution in [2.24, 2.45) is 5.10 Å². The van der Waals surface area contributed by atoms with Crippen molar-refractivity contribution in [3.63, 3.8) is 0 Å². The number of nitro groups is 1. The van der Waals surface area contributed by atoms with Gasteiger partial charge in [-0.2, -0.15) is 5.10 Å². The molecule has 1 N–H and O–H groups in total. The van der Waals surface area contributed by atoms with Crippen LogP contribution in [0.1, 0.15) is 21.7 Å². The minimum Gasteiger partial charge on any atom is -0.490 e. The number of carbonyl (C=O) groups excluding carboxylic acids is 1. The lowest BCUT2D eigenvalue weighted by Gasteiger charge is -2.01. The predicted molar refractivity (Wildman–Crippen MR) is 73.7 cm³/mol. The number of hydrazone groups is 1. The van der Waals surface area contributed by atoms with Crippen LogP contribution < -0.4 is 10.2 Å². The SMILES string of the molecule is COc1ccc(C=NNC(=O)c2nonc2C)cc1[N+](=O)[O-]. The molecule has 10 heteroatoms. The quantitative estimate of drug-likeness (QED) is 0.496. The van der Waals surface area contributed by atoms with E-state index in [0.717, 1.165) is 0 Å². The normalized spacial score (nSPS) is 10.6. The maximum Gasteiger partial charge on any atom is 0.311 e. The number of benzene rings is 1. The number of aryl methyl sites for hydroxylation is 1. The largest absolute Gasteiger partial charge is 0.490 e. The third-order valence-corrected chi connectivity index (χ3v) is 2.65. The number of aromatic nitrogens is 2. The molecule has 0 aliphatic carbocycles. The average Bonchev–Trinajstić information content (AvgIpc) is 2.93. The van der Waals surface area contributed by atoms with E-state index in [-0.39, 0.29) is 17.1 Å². The number of hydrogen-bond acceptors (Lipinski definition) is 8. The number of nitrogens with one attached hydrogen (secondary N) is 1. The number of carbonyl (C=O) groups is 1. The second-order valence-electron chi connectivity index (χ2n) is 4.09. The average molecular weight is 305 g/mol. The summed E-state index contributed by atoms with van der Waals surface area (Å²) < 4.78 is 9.28. The molecule has 0 aliphatic rings. The maximum absolute atomic E-state index is 11.7. The number of nitrogens with zero attached hydrogens (tertiary/aromatic N) is 4. The minimum absolute atomic E-state index is 0.0119. The van der Waals surface area contributed by atoms with E-state index in [0.29, 0.717) is 11.3 Å². The Hall–Kier alpha value is -3.30. The van der Waals surface area contributed by atoms with E-state index in [9.17, 15) is 14.9 Å². The van der Waals surface area contributed by atoms with E-state index in [1.807, 2.05) is 0 Å². The highest BCUT2D eigenvalue weighted by molar-refractivity contribution is 5.93. The molecular weight excluding hydrogens is 294 g/mol. The Balaban J connectivity index is 2.10. The van der Waals surface area contributed by atoms with Crippen LogP contribution in [0.15, 0.2) is 27.9 Å². The topological polar surface area (TPSA) is 133 Å². The number of rotatable bonds is 5. The molecule has 2 rings (SSSR count). The Kier molecular flexibility index (Phi) is 4.41. The van der Waals surface area contributed by atoms with Crippen molar-refractivity contribution in [3.8, 4) is 5.75 Å². The van der Waals surface area contributed by atoms with Gasteiger partial charge in [0.1, 0.15) is 5.69 Å². The lowest BCUT2D eigenvalue weighted by Crippen LogP contribution is -2.19. The molecule has 1 aromatic heterocycles. The van der Waals surface area contributed by atoms with E-state index in [4.69, 9.17) is 4.74 Å². The molecular formula is C12H11N5O5. The summed E-state index contributed by atoms with van der Waals surface area (Å²) in [5.41, 5.74) is 2.78. The highest BCUT2D eigenvalue weighted by Crippen LogP contribution is 2.26. The van der Waals surface area contributed by atoms with Crippen LogP contribution >= 0.6 is 0 Å². The standard InChI is InChI=1S/C12H11N5O5/c1-7-11(16-22-15-7)12(18)14-13-6-8-3-4-10(21-2)9(5-8)17(19)20/h3-6H,1-2H3,(H,14,18). The molecule has 0 atom stereocenters. The summed E-state index contributed by atoms with van der Waals surface area (Å²) in [6.45, 7) is 1.56. The highest BCUT2D eigenvalue weighted by atomic mass is 16.6. The van der Waals surface area contributed by atoms with Gasteiger partial charge in [-0.25, -0.2) is 10.1 Å². The number of amides is 1. The van der Waals surface area contributed by atoms with Crippen molar-refractivity contribution in [3.05, 3.63) is 45.3 Å². The van der Waals surface area contributed by atoms with Gasteiger partial charge in [-0.1, -0.05) is 5.16 Å². The molecule has 0 spiro atoms. The summed E-state index contributed by atoms with van der Waals surface area (Å²) in [6.07, 6.45) is 1.26. The Morgan fingerprint density at radius 2 is 2.27 bits per heavy atom. The highest BCUT2D eigenvalue weighted by Gasteiger charge is 2.15. The van der Waals surface area contributed by atoms with Gasteiger partial charge in [-0.3, -0.25) is 14.9 Å². The van der Waals surface area contributed by atoms with Gasteiger partial charge in [0.25, 0.3) is 5.91 Å². The molecule has 10 nitrogen and oxygen atoms in total. The Bertz CT molecular complexity index is 739. The molecule has 0 saturated heterocycles. The van der Waals surface area contributed by atoms with Gasteiger partial charge in [0, 0.05) is 11.6 Å².